The predicted octanol–water partition coefficient (Wildman–Crippen LogP) is -3.87. The molecule has 1 aliphatic heterocycles. The van der Waals surface area contributed by atoms with E-state index < -0.39 is 61.1 Å². The molecule has 5 unspecified atom stereocenters. The Morgan fingerprint density at radius 3 is 2.43 bits per heavy atom. The predicted molar refractivity (Wildman–Crippen MR) is 64.8 cm³/mol. The number of nitrogens with one attached hydrogen (secondary N) is 1. The van der Waals surface area contributed by atoms with Crippen LogP contribution < -0.4 is 5.32 Å². The van der Waals surface area contributed by atoms with E-state index in [4.69, 9.17) is 14.9 Å². The van der Waals surface area contributed by atoms with Crippen LogP contribution in [0.25, 0.3) is 0 Å². The van der Waals surface area contributed by atoms with Crippen molar-refractivity contribution in [3.8, 4) is 0 Å². The molecule has 0 spiro atoms. The summed E-state index contributed by atoms with van der Waals surface area (Å²) in [5.74, 6) is -5.17. The van der Waals surface area contributed by atoms with Crippen LogP contribution in [0.15, 0.2) is 0 Å². The van der Waals surface area contributed by atoms with E-state index in [1.807, 2.05) is 0 Å². The Hall–Kier alpha value is -1.30. The molecule has 0 saturated carbocycles. The monoisotopic (exact) mass is 309 g/mol. The highest BCUT2D eigenvalue weighted by Gasteiger charge is 2.53. The van der Waals surface area contributed by atoms with Crippen molar-refractivity contribution in [2.24, 2.45) is 0 Å². The third kappa shape index (κ3) is 3.87. The van der Waals surface area contributed by atoms with Crippen LogP contribution in [0.3, 0.4) is 0 Å². The van der Waals surface area contributed by atoms with Gasteiger partial charge in [0.15, 0.2) is 0 Å². The molecule has 1 heterocycles. The number of aliphatic hydroxyl groups is 5. The summed E-state index contributed by atoms with van der Waals surface area (Å²) < 4.78 is 4.86. The SMILES string of the molecule is CC(=O)NC1C(O)C[C@@](O)(C(=O)O)OC1C(O)C(O)CO. The Labute approximate surface area is 119 Å². The molecule has 21 heavy (non-hydrogen) atoms. The van der Waals surface area contributed by atoms with Crippen LogP contribution in [0.4, 0.5) is 0 Å². The van der Waals surface area contributed by atoms with Crippen molar-refractivity contribution < 1.29 is 45.0 Å². The van der Waals surface area contributed by atoms with Crippen LogP contribution >= 0.6 is 0 Å². The molecule has 122 valence electrons. The smallest absolute Gasteiger partial charge is 0.364 e. The van der Waals surface area contributed by atoms with Crippen molar-refractivity contribution in [2.45, 2.75) is 49.6 Å². The van der Waals surface area contributed by atoms with Crippen LogP contribution in [0.1, 0.15) is 13.3 Å². The van der Waals surface area contributed by atoms with Gasteiger partial charge in [-0.25, -0.2) is 4.79 Å². The maximum Gasteiger partial charge on any atom is 0.364 e. The second-order valence-corrected chi connectivity index (χ2v) is 4.91. The number of carboxylic acids is 1. The van der Waals surface area contributed by atoms with Gasteiger partial charge in [0, 0.05) is 13.3 Å². The molecule has 6 atom stereocenters. The van der Waals surface area contributed by atoms with Gasteiger partial charge in [-0.05, 0) is 0 Å². The molecule has 0 radical (unpaired) electrons. The first kappa shape index (κ1) is 17.8. The van der Waals surface area contributed by atoms with Crippen molar-refractivity contribution in [3.63, 3.8) is 0 Å². The van der Waals surface area contributed by atoms with Gasteiger partial charge >= 0.3 is 5.97 Å². The molecule has 1 saturated heterocycles. The van der Waals surface area contributed by atoms with Crippen molar-refractivity contribution in [1.29, 1.82) is 0 Å². The lowest BCUT2D eigenvalue weighted by molar-refractivity contribution is -0.295. The summed E-state index contributed by atoms with van der Waals surface area (Å²) >= 11 is 0. The second-order valence-electron chi connectivity index (χ2n) is 4.91. The number of carbonyl (C=O) groups excluding carboxylic acids is 1. The fraction of sp³-hybridized carbons (Fsp3) is 0.818. The molecule has 0 aromatic carbocycles. The molecule has 7 N–H and O–H groups in total. The number of ether oxygens (including phenoxy) is 1. The van der Waals surface area contributed by atoms with Gasteiger partial charge in [-0.1, -0.05) is 0 Å². The zero-order valence-electron chi connectivity index (χ0n) is 11.2. The second kappa shape index (κ2) is 6.64. The summed E-state index contributed by atoms with van der Waals surface area (Å²) in [7, 11) is 0. The third-order valence-corrected chi connectivity index (χ3v) is 3.21. The summed E-state index contributed by atoms with van der Waals surface area (Å²) in [5, 5.41) is 59.0. The number of hydrogen-bond donors (Lipinski definition) is 7. The van der Waals surface area contributed by atoms with Gasteiger partial charge in [0.1, 0.15) is 18.3 Å². The molecule has 1 fully saturated rings. The highest BCUT2D eigenvalue weighted by Crippen LogP contribution is 2.30. The first-order chi connectivity index (χ1) is 9.62. The lowest BCUT2D eigenvalue weighted by Gasteiger charge is -2.44. The Morgan fingerprint density at radius 1 is 1.43 bits per heavy atom. The Balaban J connectivity index is 3.07. The van der Waals surface area contributed by atoms with Crippen molar-refractivity contribution in [1.82, 2.24) is 5.32 Å². The summed E-state index contributed by atoms with van der Waals surface area (Å²) in [6.07, 6.45) is -7.48. The van der Waals surface area contributed by atoms with Crippen LogP contribution in [0.5, 0.6) is 0 Å². The van der Waals surface area contributed by atoms with Gasteiger partial charge in [-0.3, -0.25) is 4.79 Å². The fourth-order valence-electron chi connectivity index (χ4n) is 2.14. The van der Waals surface area contributed by atoms with Crippen molar-refractivity contribution >= 4 is 11.9 Å². The average molecular weight is 309 g/mol. The Kier molecular flexibility index (Phi) is 5.61. The third-order valence-electron chi connectivity index (χ3n) is 3.21. The van der Waals surface area contributed by atoms with E-state index >= 15 is 0 Å². The first-order valence-corrected chi connectivity index (χ1v) is 6.18. The summed E-state index contributed by atoms with van der Waals surface area (Å²) in [4.78, 5) is 22.1. The molecule has 1 amide bonds. The van der Waals surface area contributed by atoms with E-state index in [1.165, 1.54) is 0 Å². The summed E-state index contributed by atoms with van der Waals surface area (Å²) in [6, 6.07) is -1.27. The molecular formula is C11H19NO9. The van der Waals surface area contributed by atoms with Crippen LogP contribution in [-0.4, -0.2) is 85.4 Å². The maximum absolute atomic E-state index is 11.1. The lowest BCUT2D eigenvalue weighted by atomic mass is 9.88. The minimum atomic E-state index is -2.78. The van der Waals surface area contributed by atoms with Gasteiger partial charge in [-0.2, -0.15) is 0 Å². The number of amides is 1. The number of hydrogen-bond acceptors (Lipinski definition) is 8. The topological polar surface area (TPSA) is 177 Å². The van der Waals surface area contributed by atoms with E-state index in [2.05, 4.69) is 5.32 Å². The maximum atomic E-state index is 11.1. The zero-order valence-corrected chi connectivity index (χ0v) is 11.2. The van der Waals surface area contributed by atoms with Crippen LogP contribution in [-0.2, 0) is 14.3 Å². The van der Waals surface area contributed by atoms with Gasteiger partial charge in [-0.15, -0.1) is 0 Å². The van der Waals surface area contributed by atoms with Crippen LogP contribution in [0.2, 0.25) is 0 Å². The van der Waals surface area contributed by atoms with Crippen molar-refractivity contribution in [3.05, 3.63) is 0 Å². The first-order valence-electron chi connectivity index (χ1n) is 6.18. The minimum absolute atomic E-state index is 0.598. The summed E-state index contributed by atoms with van der Waals surface area (Å²) in [5.41, 5.74) is 0. The fourth-order valence-corrected chi connectivity index (χ4v) is 2.14. The van der Waals surface area contributed by atoms with Gasteiger partial charge < -0.3 is 40.7 Å². The molecule has 1 rings (SSSR count). The largest absolute Gasteiger partial charge is 0.477 e. The van der Waals surface area contributed by atoms with E-state index in [0.717, 1.165) is 6.92 Å². The standard InChI is InChI=1S/C11H19NO9/c1-4(14)12-7-5(15)2-11(20,10(18)19)21-9(7)8(17)6(16)3-13/h5-9,13,15-17,20H,2-3H2,1H3,(H,12,14)(H,18,19)/t5?,6?,7?,8?,9?,11-/m0/s1. The highest BCUT2D eigenvalue weighted by atomic mass is 16.7. The molecule has 0 aromatic rings. The number of aliphatic carboxylic acids is 1. The zero-order chi connectivity index (χ0) is 16.4. The molecule has 0 aliphatic carbocycles. The Bertz CT molecular complexity index is 403. The average Bonchev–Trinajstić information content (AvgIpc) is 2.39. The molecule has 10 heteroatoms. The highest BCUT2D eigenvalue weighted by molar-refractivity contribution is 5.76. The van der Waals surface area contributed by atoms with Crippen molar-refractivity contribution in [2.75, 3.05) is 6.61 Å². The number of carbonyl (C=O) groups is 2. The van der Waals surface area contributed by atoms with E-state index in [0.29, 0.717) is 0 Å². The molecule has 1 aliphatic rings. The van der Waals surface area contributed by atoms with Gasteiger partial charge in [0.05, 0.1) is 18.8 Å². The number of aliphatic hydroxyl groups excluding tert-OH is 4. The van der Waals surface area contributed by atoms with Gasteiger partial charge in [0.25, 0.3) is 5.79 Å². The normalized spacial score (nSPS) is 35.8. The van der Waals surface area contributed by atoms with E-state index in [1.54, 1.807) is 0 Å². The number of carboxylic acid groups (broad SMARTS) is 1. The van der Waals surface area contributed by atoms with E-state index in [-0.39, 0.29) is 0 Å². The lowest BCUT2D eigenvalue weighted by Crippen LogP contribution is -2.67. The summed E-state index contributed by atoms with van der Waals surface area (Å²) in [6.45, 7) is 0.256. The quantitative estimate of drug-likeness (QED) is 0.268. The number of rotatable bonds is 5. The molecular weight excluding hydrogens is 290 g/mol. The Morgan fingerprint density at radius 2 is 2.00 bits per heavy atom. The van der Waals surface area contributed by atoms with Crippen LogP contribution in [0, 0.1) is 0 Å². The molecule has 0 bridgehead atoms. The van der Waals surface area contributed by atoms with E-state index in [9.17, 15) is 30.0 Å². The molecule has 10 nitrogen and oxygen atoms in total. The van der Waals surface area contributed by atoms with Gasteiger partial charge in [0.2, 0.25) is 5.91 Å². The minimum Gasteiger partial charge on any atom is -0.477 e. The molecule has 0 aromatic heterocycles.